The highest BCUT2D eigenvalue weighted by molar-refractivity contribution is 5.28. The summed E-state index contributed by atoms with van der Waals surface area (Å²) in [5, 5.41) is 0. The van der Waals surface area contributed by atoms with Gasteiger partial charge >= 0.3 is 0 Å². The fourth-order valence-electron chi connectivity index (χ4n) is 5.44. The van der Waals surface area contributed by atoms with Crippen LogP contribution < -0.4 is 0 Å². The van der Waals surface area contributed by atoms with Gasteiger partial charge in [-0.05, 0) is 48.9 Å². The lowest BCUT2D eigenvalue weighted by Crippen LogP contribution is -2.31. The molecule has 6 bridgehead atoms. The second-order valence-corrected chi connectivity index (χ2v) is 5.85. The van der Waals surface area contributed by atoms with E-state index in [1.807, 2.05) is 7.11 Å². The van der Waals surface area contributed by atoms with Crippen molar-refractivity contribution in [2.45, 2.75) is 19.3 Å². The van der Waals surface area contributed by atoms with Crippen LogP contribution >= 0.6 is 0 Å². The van der Waals surface area contributed by atoms with Crippen molar-refractivity contribution in [1.29, 1.82) is 0 Å². The molecule has 0 amide bonds. The molecule has 0 aromatic rings. The fourth-order valence-corrected chi connectivity index (χ4v) is 5.44. The molecule has 0 aromatic carbocycles. The molecule has 0 aliphatic heterocycles. The highest BCUT2D eigenvalue weighted by Crippen LogP contribution is 2.82. The Labute approximate surface area is 85.5 Å². The van der Waals surface area contributed by atoms with Crippen LogP contribution in [-0.2, 0) is 4.74 Å². The van der Waals surface area contributed by atoms with Crippen molar-refractivity contribution in [1.82, 2.24) is 0 Å². The van der Waals surface area contributed by atoms with Crippen LogP contribution in [0.2, 0.25) is 0 Å². The molecule has 5 rings (SSSR count). The molecule has 5 aliphatic rings. The van der Waals surface area contributed by atoms with Gasteiger partial charge in [-0.2, -0.15) is 0 Å². The van der Waals surface area contributed by atoms with Gasteiger partial charge in [0.2, 0.25) is 0 Å². The third-order valence-electron chi connectivity index (χ3n) is 5.65. The lowest BCUT2D eigenvalue weighted by molar-refractivity contribution is 0.0446. The highest BCUT2D eigenvalue weighted by atomic mass is 16.5. The molecule has 0 N–H and O–H groups in total. The highest BCUT2D eigenvalue weighted by Gasteiger charge is 2.78. The smallest absolute Gasteiger partial charge is 0.0527 e. The molecular weight excluding hydrogens is 172 g/mol. The number of allylic oxidation sites excluding steroid dienone is 2. The van der Waals surface area contributed by atoms with E-state index in [1.54, 1.807) is 0 Å². The zero-order valence-corrected chi connectivity index (χ0v) is 8.78. The van der Waals surface area contributed by atoms with Gasteiger partial charge in [-0.1, -0.05) is 12.2 Å². The van der Waals surface area contributed by atoms with Crippen molar-refractivity contribution in [3.8, 4) is 0 Å². The van der Waals surface area contributed by atoms with E-state index in [2.05, 4.69) is 12.2 Å². The predicted molar refractivity (Wildman–Crippen MR) is 54.8 cm³/mol. The van der Waals surface area contributed by atoms with E-state index in [0.717, 1.165) is 36.2 Å². The van der Waals surface area contributed by atoms with E-state index < -0.39 is 0 Å². The van der Waals surface area contributed by atoms with Crippen LogP contribution in [0.3, 0.4) is 0 Å². The minimum Gasteiger partial charge on any atom is -0.384 e. The van der Waals surface area contributed by atoms with Crippen molar-refractivity contribution in [2.75, 3.05) is 13.7 Å². The first-order chi connectivity index (χ1) is 6.88. The molecule has 0 unspecified atom stereocenters. The first-order valence-corrected chi connectivity index (χ1v) is 6.02. The van der Waals surface area contributed by atoms with Crippen molar-refractivity contribution in [3.05, 3.63) is 12.2 Å². The average Bonchev–Trinajstić information content (AvgIpc) is 2.59. The van der Waals surface area contributed by atoms with E-state index in [9.17, 15) is 0 Å². The molecular formula is C13H18O. The SMILES string of the molecule is COC[C@@]12CC=CC[C@@H]3[C@H]4[C@H](C[C@@H]31)[C@H]42. The molecule has 0 aromatic heterocycles. The van der Waals surface area contributed by atoms with Crippen LogP contribution in [0, 0.1) is 35.0 Å². The molecule has 5 aliphatic carbocycles. The van der Waals surface area contributed by atoms with Gasteiger partial charge in [-0.25, -0.2) is 0 Å². The average molecular weight is 190 g/mol. The second-order valence-electron chi connectivity index (χ2n) is 5.85. The Bertz CT molecular complexity index is 308. The molecule has 6 atom stereocenters. The maximum absolute atomic E-state index is 5.52. The van der Waals surface area contributed by atoms with Crippen molar-refractivity contribution < 1.29 is 4.74 Å². The standard InChI is InChI=1S/C13H18O/c1-14-7-13-5-3-2-4-8-10(13)6-9-11(8)12(9)13/h2-3,8-12H,4-7H2,1H3/t8-,9-,10-,11-,12+,13-/m0/s1. The molecule has 0 heterocycles. The number of rotatable bonds is 2. The Balaban J connectivity index is 1.79. The van der Waals surface area contributed by atoms with Crippen molar-refractivity contribution >= 4 is 0 Å². The predicted octanol–water partition coefficient (Wildman–Crippen LogP) is 2.48. The van der Waals surface area contributed by atoms with Crippen LogP contribution in [0.15, 0.2) is 12.2 Å². The first-order valence-electron chi connectivity index (χ1n) is 6.02. The summed E-state index contributed by atoms with van der Waals surface area (Å²) in [6.45, 7) is 1.02. The Morgan fingerprint density at radius 1 is 1.36 bits per heavy atom. The summed E-state index contributed by atoms with van der Waals surface area (Å²) in [5.41, 5.74) is 0.585. The molecule has 76 valence electrons. The van der Waals surface area contributed by atoms with Crippen LogP contribution in [0.1, 0.15) is 19.3 Å². The maximum atomic E-state index is 5.52. The van der Waals surface area contributed by atoms with Crippen LogP contribution in [0.25, 0.3) is 0 Å². The summed E-state index contributed by atoms with van der Waals surface area (Å²) >= 11 is 0. The Hall–Kier alpha value is -0.300. The van der Waals surface area contributed by atoms with E-state index >= 15 is 0 Å². The molecule has 1 heteroatoms. The van der Waals surface area contributed by atoms with Gasteiger partial charge in [0.1, 0.15) is 0 Å². The lowest BCUT2D eigenvalue weighted by atomic mass is 9.75. The van der Waals surface area contributed by atoms with E-state index in [-0.39, 0.29) is 0 Å². The summed E-state index contributed by atoms with van der Waals surface area (Å²) < 4.78 is 5.52. The van der Waals surface area contributed by atoms with Crippen molar-refractivity contribution in [3.63, 3.8) is 0 Å². The first kappa shape index (κ1) is 7.92. The summed E-state index contributed by atoms with van der Waals surface area (Å²) in [6, 6.07) is 0. The summed E-state index contributed by atoms with van der Waals surface area (Å²) in [5.74, 6) is 5.33. The van der Waals surface area contributed by atoms with Crippen LogP contribution in [0.4, 0.5) is 0 Å². The molecule has 4 saturated carbocycles. The quantitative estimate of drug-likeness (QED) is 0.608. The monoisotopic (exact) mass is 190 g/mol. The summed E-state index contributed by atoms with van der Waals surface area (Å²) in [6.07, 6.45) is 9.08. The van der Waals surface area contributed by atoms with Gasteiger partial charge in [0.15, 0.2) is 0 Å². The maximum Gasteiger partial charge on any atom is 0.0527 e. The van der Waals surface area contributed by atoms with Crippen LogP contribution in [0.5, 0.6) is 0 Å². The van der Waals surface area contributed by atoms with Gasteiger partial charge in [-0.15, -0.1) is 0 Å². The van der Waals surface area contributed by atoms with Crippen molar-refractivity contribution in [2.24, 2.45) is 35.0 Å². The van der Waals surface area contributed by atoms with Gasteiger partial charge in [0, 0.05) is 12.5 Å². The second kappa shape index (κ2) is 2.27. The molecule has 1 nitrogen and oxygen atoms in total. The van der Waals surface area contributed by atoms with Gasteiger partial charge < -0.3 is 4.74 Å². The molecule has 0 saturated heterocycles. The normalized spacial score (nSPS) is 61.6. The lowest BCUT2D eigenvalue weighted by Gasteiger charge is -2.32. The van der Waals surface area contributed by atoms with Gasteiger partial charge in [0.05, 0.1) is 6.61 Å². The largest absolute Gasteiger partial charge is 0.384 e. The zero-order valence-electron chi connectivity index (χ0n) is 8.78. The van der Waals surface area contributed by atoms with E-state index in [0.29, 0.717) is 5.41 Å². The van der Waals surface area contributed by atoms with Gasteiger partial charge in [0.25, 0.3) is 0 Å². The number of hydrogen-bond acceptors (Lipinski definition) is 1. The summed E-state index contributed by atoms with van der Waals surface area (Å²) in [7, 11) is 1.88. The molecule has 14 heavy (non-hydrogen) atoms. The minimum absolute atomic E-state index is 0.585. The third-order valence-corrected chi connectivity index (χ3v) is 5.65. The van der Waals surface area contributed by atoms with E-state index in [4.69, 9.17) is 4.74 Å². The van der Waals surface area contributed by atoms with Crippen LogP contribution in [-0.4, -0.2) is 13.7 Å². The fraction of sp³-hybridized carbons (Fsp3) is 0.846. The molecule has 0 radical (unpaired) electrons. The number of ether oxygens (including phenoxy) is 1. The van der Waals surface area contributed by atoms with Gasteiger partial charge in [-0.3, -0.25) is 0 Å². The Kier molecular flexibility index (Phi) is 1.28. The molecule has 0 spiro atoms. The zero-order chi connectivity index (χ0) is 9.34. The summed E-state index contributed by atoms with van der Waals surface area (Å²) in [4.78, 5) is 0. The molecule has 4 fully saturated rings. The third kappa shape index (κ3) is 0.641. The Morgan fingerprint density at radius 2 is 2.29 bits per heavy atom. The minimum atomic E-state index is 0.585. The Morgan fingerprint density at radius 3 is 3.07 bits per heavy atom. The topological polar surface area (TPSA) is 9.23 Å². The number of methoxy groups -OCH3 is 1. The number of hydrogen-bond donors (Lipinski definition) is 0. The van der Waals surface area contributed by atoms with E-state index in [1.165, 1.54) is 19.3 Å².